The highest BCUT2D eigenvalue weighted by Gasteiger charge is 2.47. The van der Waals surface area contributed by atoms with Crippen molar-refractivity contribution in [2.45, 2.75) is 64.3 Å². The van der Waals surface area contributed by atoms with Gasteiger partial charge in [0.2, 0.25) is 11.8 Å². The van der Waals surface area contributed by atoms with Crippen molar-refractivity contribution in [2.75, 3.05) is 23.1 Å². The number of anilines is 2. The van der Waals surface area contributed by atoms with Gasteiger partial charge in [0.15, 0.2) is 41.2 Å². The molecule has 1 aromatic heterocycles. The lowest BCUT2D eigenvalue weighted by atomic mass is 10.0. The second-order valence-electron chi connectivity index (χ2n) is 7.34. The van der Waals surface area contributed by atoms with Gasteiger partial charge in [-0.2, -0.15) is 0 Å². The fourth-order valence-corrected chi connectivity index (χ4v) is 3.76. The SMILES string of the molecule is CSc1nc(N[C@@H]2OC[C@@H](OC(C)=O)[C@H](OC(C)=O)[C@H]2OC(C)=O)c(N(C(C)=O)C(C)=O)c(=O)[nH]1. The van der Waals surface area contributed by atoms with Gasteiger partial charge in [-0.05, 0) is 6.26 Å². The molecule has 1 fully saturated rings. The number of rotatable bonds is 7. The number of carbonyl (C=O) groups excluding carboxylic acids is 5. The summed E-state index contributed by atoms with van der Waals surface area (Å²) < 4.78 is 21.5. The van der Waals surface area contributed by atoms with Crippen LogP contribution in [0.15, 0.2) is 9.95 Å². The highest BCUT2D eigenvalue weighted by atomic mass is 32.2. The second-order valence-corrected chi connectivity index (χ2v) is 8.14. The van der Waals surface area contributed by atoms with Crippen LogP contribution in [0.2, 0.25) is 0 Å². The van der Waals surface area contributed by atoms with E-state index in [-0.39, 0.29) is 17.6 Å². The van der Waals surface area contributed by atoms with Crippen molar-refractivity contribution in [3.8, 4) is 0 Å². The molecule has 15 heteroatoms. The Balaban J connectivity index is 2.59. The van der Waals surface area contributed by atoms with Crippen molar-refractivity contribution < 1.29 is 42.9 Å². The normalized spacial score (nSPS) is 21.4. The van der Waals surface area contributed by atoms with Crippen LogP contribution in [-0.2, 0) is 42.9 Å². The summed E-state index contributed by atoms with van der Waals surface area (Å²) >= 11 is 1.08. The molecule has 1 aliphatic heterocycles. The monoisotopic (exact) mass is 514 g/mol. The Morgan fingerprint density at radius 2 is 1.51 bits per heavy atom. The van der Waals surface area contributed by atoms with Crippen LogP contribution in [0.5, 0.6) is 0 Å². The molecule has 0 radical (unpaired) electrons. The van der Waals surface area contributed by atoms with Crippen molar-refractivity contribution in [1.82, 2.24) is 9.97 Å². The summed E-state index contributed by atoms with van der Waals surface area (Å²) in [5.74, 6) is -3.95. The molecule has 0 spiro atoms. The van der Waals surface area contributed by atoms with Crippen LogP contribution < -0.4 is 15.8 Å². The quantitative estimate of drug-likeness (QED) is 0.214. The highest BCUT2D eigenvalue weighted by molar-refractivity contribution is 7.98. The number of imide groups is 1. The molecule has 0 unspecified atom stereocenters. The van der Waals surface area contributed by atoms with Crippen LogP contribution in [0.4, 0.5) is 11.5 Å². The minimum Gasteiger partial charge on any atom is -0.456 e. The number of nitrogens with one attached hydrogen (secondary N) is 2. The minimum absolute atomic E-state index is 0.141. The maximum Gasteiger partial charge on any atom is 0.303 e. The van der Waals surface area contributed by atoms with Crippen molar-refractivity contribution in [2.24, 2.45) is 0 Å². The van der Waals surface area contributed by atoms with E-state index in [9.17, 15) is 28.8 Å². The summed E-state index contributed by atoms with van der Waals surface area (Å²) in [5, 5.41) is 2.91. The Labute approximate surface area is 204 Å². The zero-order valence-corrected chi connectivity index (χ0v) is 20.7. The number of carbonyl (C=O) groups is 5. The van der Waals surface area contributed by atoms with Gasteiger partial charge in [0, 0.05) is 34.6 Å². The van der Waals surface area contributed by atoms with Gasteiger partial charge in [0.05, 0.1) is 6.61 Å². The third kappa shape index (κ3) is 7.02. The van der Waals surface area contributed by atoms with Crippen molar-refractivity contribution in [3.05, 3.63) is 10.4 Å². The summed E-state index contributed by atoms with van der Waals surface area (Å²) in [6, 6.07) is 0. The number of hydrogen-bond donors (Lipinski definition) is 2. The molecule has 1 saturated heterocycles. The van der Waals surface area contributed by atoms with Crippen molar-refractivity contribution in [1.29, 1.82) is 0 Å². The standard InChI is InChI=1S/C20H26N4O10S/c1-8(25)24(9(2)26)14-17(22-20(35-6)23-18(14)30)21-19-16(34-12(5)29)15(33-11(4)28)13(7-31-19)32-10(3)27/h13,15-16,19H,7H2,1-6H3,(H2,21,22,23,30)/t13-,15+,16-,19-/m1/s1. The first-order valence-corrected chi connectivity index (χ1v) is 11.5. The molecule has 2 amide bonds. The largest absolute Gasteiger partial charge is 0.456 e. The number of ether oxygens (including phenoxy) is 4. The molecule has 0 saturated carbocycles. The number of aromatic nitrogens is 2. The molecule has 0 bridgehead atoms. The molecule has 35 heavy (non-hydrogen) atoms. The Hall–Kier alpha value is -3.46. The van der Waals surface area contributed by atoms with E-state index in [4.69, 9.17) is 18.9 Å². The van der Waals surface area contributed by atoms with E-state index in [0.29, 0.717) is 4.90 Å². The van der Waals surface area contributed by atoms with E-state index in [1.54, 1.807) is 6.26 Å². The van der Waals surface area contributed by atoms with Gasteiger partial charge in [0.1, 0.15) is 0 Å². The predicted octanol–water partition coefficient (Wildman–Crippen LogP) is -0.0455. The maximum atomic E-state index is 12.8. The van der Waals surface area contributed by atoms with E-state index in [1.807, 2.05) is 0 Å². The molecule has 0 aromatic carbocycles. The summed E-state index contributed by atoms with van der Waals surface area (Å²) in [5.41, 5.74) is -1.22. The lowest BCUT2D eigenvalue weighted by molar-refractivity contribution is -0.221. The molecule has 14 nitrogen and oxygen atoms in total. The molecule has 1 aromatic rings. The third-order valence-electron chi connectivity index (χ3n) is 4.55. The van der Waals surface area contributed by atoms with Crippen LogP contribution in [0, 0.1) is 0 Å². The van der Waals surface area contributed by atoms with E-state index in [2.05, 4.69) is 15.3 Å². The van der Waals surface area contributed by atoms with E-state index >= 15 is 0 Å². The summed E-state index contributed by atoms with van der Waals surface area (Å²) in [6.07, 6.45) is -3.43. The number of thioether (sulfide) groups is 1. The molecule has 192 valence electrons. The lowest BCUT2D eigenvalue weighted by Gasteiger charge is -2.40. The Morgan fingerprint density at radius 1 is 0.971 bits per heavy atom. The van der Waals surface area contributed by atoms with Gasteiger partial charge in [-0.25, -0.2) is 9.88 Å². The summed E-state index contributed by atoms with van der Waals surface area (Å²) in [4.78, 5) is 79.6. The molecule has 0 aliphatic carbocycles. The minimum atomic E-state index is -1.37. The van der Waals surface area contributed by atoms with Gasteiger partial charge in [0.25, 0.3) is 5.56 Å². The van der Waals surface area contributed by atoms with E-state index in [1.165, 1.54) is 0 Å². The first-order valence-electron chi connectivity index (χ1n) is 10.2. The second kappa shape index (κ2) is 11.8. The summed E-state index contributed by atoms with van der Waals surface area (Å²) in [7, 11) is 0. The zero-order chi connectivity index (χ0) is 26.4. The van der Waals surface area contributed by atoms with Crippen molar-refractivity contribution >= 4 is 53.0 Å². The molecular weight excluding hydrogens is 488 g/mol. The first-order chi connectivity index (χ1) is 16.3. The predicted molar refractivity (Wildman–Crippen MR) is 121 cm³/mol. The number of H-pyrrole nitrogens is 1. The average Bonchev–Trinajstić information content (AvgIpc) is 2.72. The molecule has 4 atom stereocenters. The molecule has 1 aliphatic rings. The van der Waals surface area contributed by atoms with Gasteiger partial charge in [-0.3, -0.25) is 33.8 Å². The highest BCUT2D eigenvalue weighted by Crippen LogP contribution is 2.29. The number of amides is 2. The van der Waals surface area contributed by atoms with Gasteiger partial charge < -0.3 is 24.3 Å². The van der Waals surface area contributed by atoms with Crippen LogP contribution in [-0.4, -0.2) is 77.1 Å². The fourth-order valence-electron chi connectivity index (χ4n) is 3.39. The fraction of sp³-hybridized carbons (Fsp3) is 0.550. The maximum absolute atomic E-state index is 12.8. The average molecular weight is 515 g/mol. The van der Waals surface area contributed by atoms with Crippen molar-refractivity contribution in [3.63, 3.8) is 0 Å². The molecular formula is C20H26N4O10S. The topological polar surface area (TPSA) is 183 Å². The Kier molecular flexibility index (Phi) is 9.36. The number of nitrogens with zero attached hydrogens (tertiary/aromatic N) is 2. The number of aromatic amines is 1. The molecule has 2 heterocycles. The molecule has 2 N–H and O–H groups in total. The van der Waals surface area contributed by atoms with Gasteiger partial charge in [-0.1, -0.05) is 11.8 Å². The van der Waals surface area contributed by atoms with E-state index in [0.717, 1.165) is 46.4 Å². The summed E-state index contributed by atoms with van der Waals surface area (Å²) in [6.45, 7) is 5.26. The van der Waals surface area contributed by atoms with Gasteiger partial charge in [-0.15, -0.1) is 0 Å². The Morgan fingerprint density at radius 3 is 2.00 bits per heavy atom. The third-order valence-corrected chi connectivity index (χ3v) is 5.13. The Bertz CT molecular complexity index is 1060. The van der Waals surface area contributed by atoms with Crippen LogP contribution in [0.3, 0.4) is 0 Å². The number of hydrogen-bond acceptors (Lipinski definition) is 13. The van der Waals surface area contributed by atoms with Crippen LogP contribution in [0.25, 0.3) is 0 Å². The van der Waals surface area contributed by atoms with E-state index < -0.39 is 65.5 Å². The first kappa shape index (κ1) is 27.8. The smallest absolute Gasteiger partial charge is 0.303 e. The van der Waals surface area contributed by atoms with Crippen LogP contribution in [0.1, 0.15) is 34.6 Å². The lowest BCUT2D eigenvalue weighted by Crippen LogP contribution is -2.59. The zero-order valence-electron chi connectivity index (χ0n) is 19.9. The van der Waals surface area contributed by atoms with Crippen LogP contribution >= 0.6 is 11.8 Å². The molecule has 2 rings (SSSR count). The number of esters is 3. The van der Waals surface area contributed by atoms with Gasteiger partial charge >= 0.3 is 17.9 Å².